The van der Waals surface area contributed by atoms with Crippen LogP contribution in [-0.2, 0) is 4.74 Å². The van der Waals surface area contributed by atoms with Crippen molar-refractivity contribution in [2.24, 2.45) is 28.7 Å². The molecule has 0 radical (unpaired) electrons. The lowest BCUT2D eigenvalue weighted by molar-refractivity contribution is 0.122. The van der Waals surface area contributed by atoms with Crippen LogP contribution in [0, 0.1) is 30.6 Å². The number of rotatable bonds is 4. The molecule has 0 spiro atoms. The third-order valence-electron chi connectivity index (χ3n) is 8.02. The maximum atomic E-state index is 6.31. The van der Waals surface area contributed by atoms with E-state index >= 15 is 0 Å². The van der Waals surface area contributed by atoms with Gasteiger partial charge in [-0.15, -0.1) is 0 Å². The summed E-state index contributed by atoms with van der Waals surface area (Å²) in [5.74, 6) is 6.01. The maximum absolute atomic E-state index is 6.31. The van der Waals surface area contributed by atoms with Crippen LogP contribution in [-0.4, -0.2) is 28.2 Å². The van der Waals surface area contributed by atoms with Gasteiger partial charge in [-0.05, 0) is 95.3 Å². The van der Waals surface area contributed by atoms with Crippen molar-refractivity contribution in [3.05, 3.63) is 23.9 Å². The number of aliphatic imine (C=N–C) groups is 1. The molecule has 0 aromatic carbocycles. The van der Waals surface area contributed by atoms with Crippen molar-refractivity contribution in [1.29, 1.82) is 0 Å². The van der Waals surface area contributed by atoms with E-state index in [9.17, 15) is 0 Å². The van der Waals surface area contributed by atoms with Gasteiger partial charge in [0.05, 0.1) is 6.04 Å². The van der Waals surface area contributed by atoms with Crippen molar-refractivity contribution >= 4 is 5.90 Å². The minimum absolute atomic E-state index is 0. The van der Waals surface area contributed by atoms with E-state index in [1.165, 1.54) is 70.6 Å². The summed E-state index contributed by atoms with van der Waals surface area (Å²) in [5, 5.41) is 3.95. The molecule has 0 bridgehead atoms. The van der Waals surface area contributed by atoms with Crippen molar-refractivity contribution in [2.45, 2.75) is 110 Å². The van der Waals surface area contributed by atoms with Crippen LogP contribution in [0.15, 0.2) is 21.7 Å². The van der Waals surface area contributed by atoms with Gasteiger partial charge in [-0.25, -0.2) is 4.99 Å². The van der Waals surface area contributed by atoms with Crippen molar-refractivity contribution in [3.8, 4) is 0 Å². The quantitative estimate of drug-likeness (QED) is 0.506. The molecule has 5 rings (SSSR count). The smallest absolute Gasteiger partial charge is 0.229 e. The molecule has 5 nitrogen and oxygen atoms in total. The summed E-state index contributed by atoms with van der Waals surface area (Å²) in [5.41, 5.74) is 0. The summed E-state index contributed by atoms with van der Waals surface area (Å²) >= 11 is 0. The van der Waals surface area contributed by atoms with E-state index in [1.807, 2.05) is 6.92 Å². The Balaban J connectivity index is 0.00000231. The fourth-order valence-corrected chi connectivity index (χ4v) is 6.06. The zero-order valence-corrected chi connectivity index (χ0v) is 18.6. The normalized spacial score (nSPS) is 38.3. The first-order chi connectivity index (χ1) is 14.6. The van der Waals surface area contributed by atoms with E-state index in [4.69, 9.17) is 14.3 Å². The third-order valence-corrected chi connectivity index (χ3v) is 8.02. The molecular weight excluding hydrogens is 386 g/mol. The molecule has 1 aromatic heterocycles. The van der Waals surface area contributed by atoms with Gasteiger partial charge in [0.25, 0.3) is 0 Å². The first kappa shape index (κ1) is 22.5. The molecular formula is C26H41N3O2. The first-order valence-corrected chi connectivity index (χ1v) is 12.4. The summed E-state index contributed by atoms with van der Waals surface area (Å²) in [4.78, 5) is 9.45. The first-order valence-electron chi connectivity index (χ1n) is 12.4. The summed E-state index contributed by atoms with van der Waals surface area (Å²) < 4.78 is 11.7. The summed E-state index contributed by atoms with van der Waals surface area (Å²) in [7, 11) is 0. The van der Waals surface area contributed by atoms with Crippen molar-refractivity contribution in [3.63, 3.8) is 0 Å². The average Bonchev–Trinajstić information content (AvgIpc) is 3.39. The number of allylic oxidation sites excluding steroid dienone is 2. The molecule has 0 N–H and O–H groups in total. The SMILES string of the molecule is C.Cc1noc(C2CCC(/C=C/C3CCC(C4=NC5CC(C)CCC5O4)CC3)CC2)n1. The highest BCUT2D eigenvalue weighted by Gasteiger charge is 2.38. The highest BCUT2D eigenvalue weighted by atomic mass is 16.5. The molecule has 2 heterocycles. The van der Waals surface area contributed by atoms with Crippen molar-refractivity contribution in [2.75, 3.05) is 0 Å². The largest absolute Gasteiger partial charge is 0.475 e. The second-order valence-electron chi connectivity index (χ2n) is 10.4. The molecule has 0 saturated heterocycles. The fraction of sp³-hybridized carbons (Fsp3) is 0.808. The van der Waals surface area contributed by atoms with Gasteiger partial charge in [0.2, 0.25) is 5.89 Å². The number of nitrogens with zero attached hydrogens (tertiary/aromatic N) is 3. The highest BCUT2D eigenvalue weighted by Crippen LogP contribution is 2.39. The second kappa shape index (κ2) is 9.87. The Labute approximate surface area is 188 Å². The van der Waals surface area contributed by atoms with E-state index in [1.54, 1.807) is 0 Å². The van der Waals surface area contributed by atoms with Crippen molar-refractivity contribution in [1.82, 2.24) is 10.1 Å². The summed E-state index contributed by atoms with van der Waals surface area (Å²) in [6.45, 7) is 4.26. The number of ether oxygens (including phenoxy) is 1. The second-order valence-corrected chi connectivity index (χ2v) is 10.4. The Morgan fingerprint density at radius 1 is 0.839 bits per heavy atom. The average molecular weight is 428 g/mol. The van der Waals surface area contributed by atoms with Gasteiger partial charge in [-0.2, -0.15) is 4.98 Å². The lowest BCUT2D eigenvalue weighted by Gasteiger charge is -2.29. The standard InChI is InChI=1S/C25H37N3O2.CH4/c1-16-3-14-23-22(15-16)27-24(29-23)20-10-6-18(7-11-20)4-5-19-8-12-21(13-9-19)25-26-17(2)28-30-25;/h4-5,16,18-23H,3,6-15H2,1-2H3;1H4/b5-4+;. The number of fused-ring (bicyclic) bond motifs is 1. The zero-order chi connectivity index (χ0) is 20.5. The molecule has 3 atom stereocenters. The lowest BCUT2D eigenvalue weighted by atomic mass is 9.79. The van der Waals surface area contributed by atoms with E-state index in [2.05, 4.69) is 29.2 Å². The van der Waals surface area contributed by atoms with E-state index in [-0.39, 0.29) is 7.43 Å². The molecule has 3 saturated carbocycles. The summed E-state index contributed by atoms with van der Waals surface area (Å²) in [6.07, 6.45) is 19.0. The third kappa shape index (κ3) is 5.23. The van der Waals surface area contributed by atoms with E-state index < -0.39 is 0 Å². The number of aromatic nitrogens is 2. The molecule has 1 aliphatic heterocycles. The Kier molecular flexibility index (Phi) is 7.18. The van der Waals surface area contributed by atoms with Gasteiger partial charge in [0, 0.05) is 11.8 Å². The Morgan fingerprint density at radius 3 is 2.10 bits per heavy atom. The van der Waals surface area contributed by atoms with Gasteiger partial charge in [-0.1, -0.05) is 31.7 Å². The Hall–Kier alpha value is -1.65. The van der Waals surface area contributed by atoms with Gasteiger partial charge in [0.15, 0.2) is 11.7 Å². The minimum atomic E-state index is 0. The minimum Gasteiger partial charge on any atom is -0.475 e. The highest BCUT2D eigenvalue weighted by molar-refractivity contribution is 5.80. The molecule has 4 aliphatic rings. The van der Waals surface area contributed by atoms with Crippen LogP contribution >= 0.6 is 0 Å². The van der Waals surface area contributed by atoms with Crippen LogP contribution in [0.4, 0.5) is 0 Å². The van der Waals surface area contributed by atoms with Crippen LogP contribution in [0.1, 0.15) is 103 Å². The topological polar surface area (TPSA) is 60.5 Å². The molecule has 3 fully saturated rings. The van der Waals surface area contributed by atoms with Crippen LogP contribution < -0.4 is 0 Å². The van der Waals surface area contributed by atoms with Gasteiger partial charge >= 0.3 is 0 Å². The summed E-state index contributed by atoms with van der Waals surface area (Å²) in [6, 6.07) is 0.451. The Bertz CT molecular complexity index is 769. The molecule has 3 unspecified atom stereocenters. The van der Waals surface area contributed by atoms with Crippen LogP contribution in [0.25, 0.3) is 0 Å². The maximum Gasteiger partial charge on any atom is 0.229 e. The number of hydrogen-bond donors (Lipinski definition) is 0. The number of hydrogen-bond acceptors (Lipinski definition) is 5. The number of aryl methyl sites for hydroxylation is 1. The molecule has 0 amide bonds. The molecule has 31 heavy (non-hydrogen) atoms. The lowest BCUT2D eigenvalue weighted by Crippen LogP contribution is -2.30. The molecule has 3 aliphatic carbocycles. The van der Waals surface area contributed by atoms with Crippen LogP contribution in [0.5, 0.6) is 0 Å². The molecule has 1 aromatic rings. The predicted octanol–water partition coefficient (Wildman–Crippen LogP) is 6.64. The fourth-order valence-electron chi connectivity index (χ4n) is 6.06. The predicted molar refractivity (Wildman–Crippen MR) is 124 cm³/mol. The van der Waals surface area contributed by atoms with E-state index in [0.29, 0.717) is 24.0 Å². The van der Waals surface area contributed by atoms with Gasteiger partial charge < -0.3 is 9.26 Å². The van der Waals surface area contributed by atoms with Crippen LogP contribution in [0.3, 0.4) is 0 Å². The monoisotopic (exact) mass is 427 g/mol. The van der Waals surface area contributed by atoms with Gasteiger partial charge in [-0.3, -0.25) is 0 Å². The van der Waals surface area contributed by atoms with Crippen molar-refractivity contribution < 1.29 is 9.26 Å². The molecule has 5 heteroatoms. The Morgan fingerprint density at radius 2 is 1.48 bits per heavy atom. The molecule has 172 valence electrons. The zero-order valence-electron chi connectivity index (χ0n) is 18.6. The van der Waals surface area contributed by atoms with E-state index in [0.717, 1.165) is 35.4 Å². The van der Waals surface area contributed by atoms with Gasteiger partial charge in [0.1, 0.15) is 6.10 Å². The van der Waals surface area contributed by atoms with Crippen LogP contribution in [0.2, 0.25) is 0 Å².